The molecule has 102 valence electrons. The fourth-order valence-corrected chi connectivity index (χ4v) is 3.32. The van der Waals surface area contributed by atoms with E-state index in [4.69, 9.17) is 0 Å². The molecule has 4 heteroatoms. The van der Waals surface area contributed by atoms with Crippen molar-refractivity contribution < 1.29 is 0 Å². The zero-order valence-electron chi connectivity index (χ0n) is 11.3. The third-order valence-corrected chi connectivity index (χ3v) is 4.86. The Bertz CT molecular complexity index is 507. The Morgan fingerprint density at radius 2 is 2.05 bits per heavy atom. The Hall–Kier alpha value is -0.460. The van der Waals surface area contributed by atoms with E-state index in [0.29, 0.717) is 6.04 Å². The standard InChI is InChI=1S/C15H19IN2S/c1-3-8-17-14(15-11(2)18-10-19-15)9-12-4-6-13(16)7-5-12/h4-7,10,14,17H,3,8-9H2,1-2H3. The van der Waals surface area contributed by atoms with Crippen LogP contribution in [0.25, 0.3) is 0 Å². The molecule has 2 nitrogen and oxygen atoms in total. The Balaban J connectivity index is 2.14. The number of thiazole rings is 1. The lowest BCUT2D eigenvalue weighted by molar-refractivity contribution is 0.533. The molecule has 0 saturated heterocycles. The number of halogens is 1. The van der Waals surface area contributed by atoms with Crippen LogP contribution in [0.1, 0.15) is 35.5 Å². The number of aromatic nitrogens is 1. The Morgan fingerprint density at radius 1 is 1.32 bits per heavy atom. The van der Waals surface area contributed by atoms with Crippen LogP contribution in [0.5, 0.6) is 0 Å². The number of benzene rings is 1. The third-order valence-electron chi connectivity index (χ3n) is 3.09. The minimum absolute atomic E-state index is 0.382. The average Bonchev–Trinajstić information content (AvgIpc) is 2.83. The van der Waals surface area contributed by atoms with Crippen molar-refractivity contribution in [3.63, 3.8) is 0 Å². The molecule has 1 N–H and O–H groups in total. The summed E-state index contributed by atoms with van der Waals surface area (Å²) in [5, 5.41) is 3.64. The van der Waals surface area contributed by atoms with Gasteiger partial charge in [0.15, 0.2) is 0 Å². The normalized spacial score (nSPS) is 12.6. The molecular formula is C15H19IN2S. The Morgan fingerprint density at radius 3 is 2.63 bits per heavy atom. The highest BCUT2D eigenvalue weighted by atomic mass is 127. The van der Waals surface area contributed by atoms with Gasteiger partial charge < -0.3 is 5.32 Å². The highest BCUT2D eigenvalue weighted by Crippen LogP contribution is 2.25. The van der Waals surface area contributed by atoms with Gasteiger partial charge in [-0.15, -0.1) is 11.3 Å². The molecule has 0 fully saturated rings. The zero-order valence-corrected chi connectivity index (χ0v) is 14.3. The van der Waals surface area contributed by atoms with Gasteiger partial charge in [0.2, 0.25) is 0 Å². The molecule has 0 radical (unpaired) electrons. The number of nitrogens with zero attached hydrogens (tertiary/aromatic N) is 1. The summed E-state index contributed by atoms with van der Waals surface area (Å²) in [7, 11) is 0. The van der Waals surface area contributed by atoms with Crippen LogP contribution in [0.4, 0.5) is 0 Å². The minimum atomic E-state index is 0.382. The molecule has 0 aliphatic rings. The zero-order chi connectivity index (χ0) is 13.7. The van der Waals surface area contributed by atoms with Crippen LogP contribution in [0.2, 0.25) is 0 Å². The van der Waals surface area contributed by atoms with E-state index in [1.165, 1.54) is 14.0 Å². The number of hydrogen-bond donors (Lipinski definition) is 1. The lowest BCUT2D eigenvalue weighted by Gasteiger charge is -2.18. The molecule has 0 bridgehead atoms. The summed E-state index contributed by atoms with van der Waals surface area (Å²) in [6.45, 7) is 5.35. The minimum Gasteiger partial charge on any atom is -0.309 e. The van der Waals surface area contributed by atoms with Crippen molar-refractivity contribution in [1.29, 1.82) is 0 Å². The fourth-order valence-electron chi connectivity index (χ4n) is 2.08. The fraction of sp³-hybridized carbons (Fsp3) is 0.400. The second-order valence-corrected chi connectivity index (χ2v) is 6.77. The molecule has 2 aromatic rings. The SMILES string of the molecule is CCCNC(Cc1ccc(I)cc1)c1scnc1C. The summed E-state index contributed by atoms with van der Waals surface area (Å²) in [5.41, 5.74) is 4.48. The van der Waals surface area contributed by atoms with E-state index in [1.54, 1.807) is 11.3 Å². The van der Waals surface area contributed by atoms with Crippen LogP contribution in [-0.2, 0) is 6.42 Å². The molecule has 0 saturated carbocycles. The maximum atomic E-state index is 4.38. The van der Waals surface area contributed by atoms with E-state index >= 15 is 0 Å². The summed E-state index contributed by atoms with van der Waals surface area (Å²) < 4.78 is 1.29. The van der Waals surface area contributed by atoms with E-state index in [1.807, 2.05) is 5.51 Å². The first kappa shape index (κ1) is 14.9. The van der Waals surface area contributed by atoms with Gasteiger partial charge in [0.05, 0.1) is 11.2 Å². The molecule has 2 rings (SSSR count). The van der Waals surface area contributed by atoms with Gasteiger partial charge in [-0.1, -0.05) is 19.1 Å². The van der Waals surface area contributed by atoms with Crippen LogP contribution in [0, 0.1) is 10.5 Å². The highest BCUT2D eigenvalue weighted by Gasteiger charge is 2.15. The first-order valence-corrected chi connectivity index (χ1v) is 8.54. The molecule has 19 heavy (non-hydrogen) atoms. The predicted molar refractivity (Wildman–Crippen MR) is 90.7 cm³/mol. The second kappa shape index (κ2) is 7.36. The first-order chi connectivity index (χ1) is 9.20. The summed E-state index contributed by atoms with van der Waals surface area (Å²) in [5.74, 6) is 0. The van der Waals surface area contributed by atoms with E-state index in [0.717, 1.165) is 25.1 Å². The molecule has 0 amide bonds. The van der Waals surface area contributed by atoms with Gasteiger partial charge in [0, 0.05) is 14.5 Å². The monoisotopic (exact) mass is 386 g/mol. The van der Waals surface area contributed by atoms with Gasteiger partial charge in [0.25, 0.3) is 0 Å². The Labute approximate surface area is 132 Å². The molecular weight excluding hydrogens is 367 g/mol. The van der Waals surface area contributed by atoms with Gasteiger partial charge in [0.1, 0.15) is 0 Å². The third kappa shape index (κ3) is 4.26. The molecule has 0 aliphatic heterocycles. The topological polar surface area (TPSA) is 24.9 Å². The van der Waals surface area contributed by atoms with Gasteiger partial charge in [-0.05, 0) is 66.6 Å². The quantitative estimate of drug-likeness (QED) is 0.748. The van der Waals surface area contributed by atoms with Crippen molar-refractivity contribution in [1.82, 2.24) is 10.3 Å². The lowest BCUT2D eigenvalue weighted by atomic mass is 10.0. The number of rotatable bonds is 6. The van der Waals surface area contributed by atoms with Gasteiger partial charge in [-0.2, -0.15) is 0 Å². The van der Waals surface area contributed by atoms with Crippen molar-refractivity contribution in [3.8, 4) is 0 Å². The van der Waals surface area contributed by atoms with Crippen molar-refractivity contribution in [2.24, 2.45) is 0 Å². The van der Waals surface area contributed by atoms with Gasteiger partial charge in [-0.3, -0.25) is 0 Å². The molecule has 0 aliphatic carbocycles. The van der Waals surface area contributed by atoms with Crippen molar-refractivity contribution in [3.05, 3.63) is 49.5 Å². The van der Waals surface area contributed by atoms with Crippen LogP contribution in [0.15, 0.2) is 29.8 Å². The summed E-state index contributed by atoms with van der Waals surface area (Å²) in [6.07, 6.45) is 2.18. The number of aryl methyl sites for hydroxylation is 1. The summed E-state index contributed by atoms with van der Waals surface area (Å²) in [4.78, 5) is 5.75. The molecule has 1 unspecified atom stereocenters. The van der Waals surface area contributed by atoms with Crippen LogP contribution in [-0.4, -0.2) is 11.5 Å². The maximum absolute atomic E-state index is 4.38. The van der Waals surface area contributed by atoms with Crippen molar-refractivity contribution in [2.75, 3.05) is 6.54 Å². The lowest BCUT2D eigenvalue weighted by Crippen LogP contribution is -2.24. The average molecular weight is 386 g/mol. The maximum Gasteiger partial charge on any atom is 0.0798 e. The Kier molecular flexibility index (Phi) is 5.78. The summed E-state index contributed by atoms with van der Waals surface area (Å²) in [6, 6.07) is 9.17. The van der Waals surface area contributed by atoms with E-state index < -0.39 is 0 Å². The molecule has 1 heterocycles. The largest absolute Gasteiger partial charge is 0.309 e. The summed E-state index contributed by atoms with van der Waals surface area (Å²) >= 11 is 4.10. The van der Waals surface area contributed by atoms with Crippen molar-refractivity contribution >= 4 is 33.9 Å². The first-order valence-electron chi connectivity index (χ1n) is 6.58. The second-order valence-electron chi connectivity index (χ2n) is 4.64. The van der Waals surface area contributed by atoms with Crippen molar-refractivity contribution in [2.45, 2.75) is 32.7 Å². The molecule has 0 spiro atoms. The highest BCUT2D eigenvalue weighted by molar-refractivity contribution is 14.1. The number of hydrogen-bond acceptors (Lipinski definition) is 3. The molecule has 1 aromatic heterocycles. The molecule has 1 atom stereocenters. The van der Waals surface area contributed by atoms with Crippen LogP contribution >= 0.6 is 33.9 Å². The van der Waals surface area contributed by atoms with Gasteiger partial charge in [-0.25, -0.2) is 4.98 Å². The smallest absolute Gasteiger partial charge is 0.0798 e. The van der Waals surface area contributed by atoms with Gasteiger partial charge >= 0.3 is 0 Å². The van der Waals surface area contributed by atoms with Crippen LogP contribution in [0.3, 0.4) is 0 Å². The van der Waals surface area contributed by atoms with E-state index in [2.05, 4.69) is 71.0 Å². The molecule has 1 aromatic carbocycles. The number of nitrogens with one attached hydrogen (secondary N) is 1. The predicted octanol–water partition coefficient (Wildman–Crippen LogP) is 4.34. The van der Waals surface area contributed by atoms with E-state index in [-0.39, 0.29) is 0 Å². The van der Waals surface area contributed by atoms with Crippen LogP contribution < -0.4 is 5.32 Å². The van der Waals surface area contributed by atoms with E-state index in [9.17, 15) is 0 Å².